The van der Waals surface area contributed by atoms with Crippen molar-refractivity contribution in [1.82, 2.24) is 0 Å². The highest BCUT2D eigenvalue weighted by Crippen LogP contribution is 2.64. The number of hydrogen-bond acceptors (Lipinski definition) is 6. The molecule has 0 spiro atoms. The van der Waals surface area contributed by atoms with E-state index in [0.717, 1.165) is 10.5 Å². The van der Waals surface area contributed by atoms with Gasteiger partial charge < -0.3 is 10.2 Å². The number of hydrogen-bond donors (Lipinski definition) is 2. The molecule has 7 rings (SSSR count). The fourth-order valence-electron chi connectivity index (χ4n) is 7.97. The number of aromatic hydroxyl groups is 1. The Hall–Kier alpha value is -4.57. The fourth-order valence-corrected chi connectivity index (χ4v) is 8.35. The summed E-state index contributed by atoms with van der Waals surface area (Å²) < 4.78 is 0.676. The predicted octanol–water partition coefficient (Wildman–Crippen LogP) is 5.29. The van der Waals surface area contributed by atoms with Crippen LogP contribution in [0.1, 0.15) is 41.6 Å². The van der Waals surface area contributed by atoms with Crippen molar-refractivity contribution < 1.29 is 34.2 Å². The Morgan fingerprint density at radius 1 is 0.864 bits per heavy atom. The molecule has 6 atom stereocenters. The molecule has 2 aliphatic heterocycles. The van der Waals surface area contributed by atoms with E-state index < -0.39 is 52.8 Å². The molecule has 3 fully saturated rings. The minimum absolute atomic E-state index is 0.0406. The van der Waals surface area contributed by atoms with Gasteiger partial charge in [-0.1, -0.05) is 51.8 Å². The van der Waals surface area contributed by atoms with Crippen molar-refractivity contribution in [1.29, 1.82) is 0 Å². The third-order valence-electron chi connectivity index (χ3n) is 9.94. The van der Waals surface area contributed by atoms with Gasteiger partial charge in [0.1, 0.15) is 5.75 Å². The molecule has 2 saturated heterocycles. The fraction of sp³-hybridized carbons (Fsp3) is 0.265. The number of fused-ring (bicyclic) bond motifs is 4. The Balaban J connectivity index is 1.37. The number of para-hydroxylation sites is 1. The van der Waals surface area contributed by atoms with Gasteiger partial charge in [-0.25, -0.2) is 9.69 Å². The number of phenolic OH excluding ortho intramolecular Hbond substituents is 1. The molecular formula is C34H27BrN2O7. The van der Waals surface area contributed by atoms with Crippen LogP contribution in [0.4, 0.5) is 11.4 Å². The lowest BCUT2D eigenvalue weighted by atomic mass is 9.51. The number of anilines is 2. The van der Waals surface area contributed by atoms with E-state index in [1.807, 2.05) is 6.08 Å². The van der Waals surface area contributed by atoms with E-state index in [-0.39, 0.29) is 41.7 Å². The molecule has 0 bridgehead atoms. The number of aromatic carboxylic acids is 1. The maximum absolute atomic E-state index is 14.4. The number of nitrogens with zero attached hydrogens (tertiary/aromatic N) is 2. The number of carboxylic acid groups (broad SMARTS) is 1. The van der Waals surface area contributed by atoms with Gasteiger partial charge in [-0.05, 0) is 74.2 Å². The Labute approximate surface area is 260 Å². The van der Waals surface area contributed by atoms with Gasteiger partial charge in [0, 0.05) is 16.0 Å². The first-order valence-electron chi connectivity index (χ1n) is 14.4. The molecular weight excluding hydrogens is 628 g/mol. The van der Waals surface area contributed by atoms with E-state index in [4.69, 9.17) is 0 Å². The highest BCUT2D eigenvalue weighted by atomic mass is 79.9. The lowest BCUT2D eigenvalue weighted by Crippen LogP contribution is -2.48. The zero-order chi connectivity index (χ0) is 31.1. The highest BCUT2D eigenvalue weighted by molar-refractivity contribution is 9.10. The van der Waals surface area contributed by atoms with E-state index in [0.29, 0.717) is 15.7 Å². The van der Waals surface area contributed by atoms with Crippen molar-refractivity contribution in [2.45, 2.75) is 25.7 Å². The van der Waals surface area contributed by atoms with Crippen LogP contribution in [0.5, 0.6) is 5.75 Å². The average molecular weight is 656 g/mol. The lowest BCUT2D eigenvalue weighted by Gasteiger charge is -2.49. The van der Waals surface area contributed by atoms with Gasteiger partial charge in [0.2, 0.25) is 23.6 Å². The Morgan fingerprint density at radius 2 is 1.59 bits per heavy atom. The third-order valence-corrected chi connectivity index (χ3v) is 10.4. The number of rotatable bonds is 4. The number of benzene rings is 3. The zero-order valence-corrected chi connectivity index (χ0v) is 25.1. The van der Waals surface area contributed by atoms with Crippen LogP contribution in [0.2, 0.25) is 0 Å². The lowest BCUT2D eigenvalue weighted by molar-refractivity contribution is -0.131. The van der Waals surface area contributed by atoms with Gasteiger partial charge in [0.05, 0.1) is 40.1 Å². The normalized spacial score (nSPS) is 29.3. The summed E-state index contributed by atoms with van der Waals surface area (Å²) >= 11 is 3.49. The van der Waals surface area contributed by atoms with Crippen LogP contribution < -0.4 is 9.80 Å². The Bertz CT molecular complexity index is 1820. The maximum atomic E-state index is 14.4. The molecule has 2 aliphatic carbocycles. The van der Waals surface area contributed by atoms with Crippen molar-refractivity contribution in [2.24, 2.45) is 29.1 Å². The van der Waals surface area contributed by atoms with Crippen molar-refractivity contribution >= 4 is 56.9 Å². The van der Waals surface area contributed by atoms with Crippen molar-refractivity contribution in [3.05, 3.63) is 100 Å². The van der Waals surface area contributed by atoms with Gasteiger partial charge >= 0.3 is 5.97 Å². The number of halogens is 1. The van der Waals surface area contributed by atoms with Gasteiger partial charge in [-0.2, -0.15) is 0 Å². The van der Waals surface area contributed by atoms with E-state index in [9.17, 15) is 34.2 Å². The second-order valence-corrected chi connectivity index (χ2v) is 13.0. The quantitative estimate of drug-likeness (QED) is 0.289. The van der Waals surface area contributed by atoms with E-state index >= 15 is 0 Å². The molecule has 0 aromatic heterocycles. The molecule has 9 nitrogen and oxygen atoms in total. The molecule has 10 heteroatoms. The predicted molar refractivity (Wildman–Crippen MR) is 163 cm³/mol. The van der Waals surface area contributed by atoms with Gasteiger partial charge in [0.25, 0.3) is 0 Å². The molecule has 4 amide bonds. The molecule has 3 aromatic rings. The second kappa shape index (κ2) is 9.99. The largest absolute Gasteiger partial charge is 0.508 e. The van der Waals surface area contributed by atoms with Crippen LogP contribution in [0.3, 0.4) is 0 Å². The summed E-state index contributed by atoms with van der Waals surface area (Å²) in [5, 5.41) is 20.7. The molecule has 2 N–H and O–H groups in total. The summed E-state index contributed by atoms with van der Waals surface area (Å²) in [4.78, 5) is 70.4. The number of carbonyl (C=O) groups excluding carboxylic acids is 4. The first kappa shape index (κ1) is 28.2. The SMILES string of the molecule is C[C@@]12C(=O)N(c3ccccc3)C(=O)[C@@H]1C[C@@H]1C(=CC[C@@H]3C(=O)N(c4cccc(C(=O)O)c4)C(=O)[C@@H]31)[C@@H]2c1cc(Br)ccc1O. The van der Waals surface area contributed by atoms with Crippen molar-refractivity contribution in [2.75, 3.05) is 9.80 Å². The van der Waals surface area contributed by atoms with Crippen LogP contribution >= 0.6 is 15.9 Å². The summed E-state index contributed by atoms with van der Waals surface area (Å²) in [6, 6.07) is 19.4. The van der Waals surface area contributed by atoms with Gasteiger partial charge in [-0.3, -0.25) is 24.1 Å². The molecule has 4 aliphatic rings. The molecule has 44 heavy (non-hydrogen) atoms. The van der Waals surface area contributed by atoms with Crippen LogP contribution in [-0.2, 0) is 19.2 Å². The monoisotopic (exact) mass is 654 g/mol. The summed E-state index contributed by atoms with van der Waals surface area (Å²) in [6.45, 7) is 1.76. The van der Waals surface area contributed by atoms with Crippen LogP contribution in [0.25, 0.3) is 0 Å². The summed E-state index contributed by atoms with van der Waals surface area (Å²) in [5.41, 5.74) is 0.506. The van der Waals surface area contributed by atoms with Crippen LogP contribution in [0, 0.1) is 29.1 Å². The van der Waals surface area contributed by atoms with E-state index in [1.54, 1.807) is 49.4 Å². The third kappa shape index (κ3) is 3.86. The van der Waals surface area contributed by atoms with Gasteiger partial charge in [0.15, 0.2) is 0 Å². The average Bonchev–Trinajstić information content (AvgIpc) is 3.38. The van der Waals surface area contributed by atoms with Crippen molar-refractivity contribution in [3.63, 3.8) is 0 Å². The van der Waals surface area contributed by atoms with Crippen molar-refractivity contribution in [3.8, 4) is 5.75 Å². The van der Waals surface area contributed by atoms with Gasteiger partial charge in [-0.15, -0.1) is 0 Å². The number of carboxylic acids is 1. The smallest absolute Gasteiger partial charge is 0.335 e. The number of allylic oxidation sites excluding steroid dienone is 2. The number of phenols is 1. The van der Waals surface area contributed by atoms with Crippen LogP contribution in [0.15, 0.2) is 88.9 Å². The molecule has 0 unspecified atom stereocenters. The summed E-state index contributed by atoms with van der Waals surface area (Å²) in [7, 11) is 0. The number of imide groups is 2. The molecule has 222 valence electrons. The topological polar surface area (TPSA) is 132 Å². The zero-order valence-electron chi connectivity index (χ0n) is 23.5. The number of amides is 4. The van der Waals surface area contributed by atoms with E-state index in [1.165, 1.54) is 35.2 Å². The first-order valence-corrected chi connectivity index (χ1v) is 15.2. The maximum Gasteiger partial charge on any atom is 0.335 e. The van der Waals surface area contributed by atoms with Crippen LogP contribution in [-0.4, -0.2) is 39.8 Å². The van der Waals surface area contributed by atoms with E-state index in [2.05, 4.69) is 15.9 Å². The summed E-state index contributed by atoms with van der Waals surface area (Å²) in [5.74, 6) is -6.53. The second-order valence-electron chi connectivity index (χ2n) is 12.1. The standard InChI is InChI=1S/C34H27BrN2O7/c1-34-25(30(40)37(33(34)44)19-7-3-2-4-8-19)16-23-21(28(34)24-15-18(35)10-13-26(24)38)11-12-22-27(23)31(41)36(29(22)39)20-9-5-6-17(14-20)32(42)43/h2-11,13-15,22-23,25,27-28,38H,12,16H2,1H3,(H,42,43)/t22-,23+,25-,27-,28+,34+/m0/s1. The first-order chi connectivity index (χ1) is 21.0. The minimum Gasteiger partial charge on any atom is -0.508 e. The minimum atomic E-state index is -1.28. The Kier molecular flexibility index (Phi) is 6.40. The molecule has 2 heterocycles. The number of carbonyl (C=O) groups is 5. The summed E-state index contributed by atoms with van der Waals surface area (Å²) in [6.07, 6.45) is 2.31. The molecule has 0 radical (unpaired) electrons. The molecule has 1 saturated carbocycles. The Morgan fingerprint density at radius 3 is 2.32 bits per heavy atom. The molecule has 3 aromatic carbocycles. The highest BCUT2D eigenvalue weighted by Gasteiger charge is 2.68.